The van der Waals surface area contributed by atoms with Gasteiger partial charge >= 0.3 is 6.18 Å². The molecule has 3 nitrogen and oxygen atoms in total. The number of rotatable bonds is 2. The second-order valence-corrected chi connectivity index (χ2v) is 3.77. The highest BCUT2D eigenvalue weighted by molar-refractivity contribution is 5.15. The van der Waals surface area contributed by atoms with E-state index in [-0.39, 0.29) is 5.95 Å². The quantitative estimate of drug-likeness (QED) is 0.829. The highest BCUT2D eigenvalue weighted by atomic mass is 19.4. The van der Waals surface area contributed by atoms with Gasteiger partial charge in [-0.2, -0.15) is 13.2 Å². The Hall–Kier alpha value is -1.17. The van der Waals surface area contributed by atoms with E-state index in [1.807, 2.05) is 0 Å². The van der Waals surface area contributed by atoms with Crippen LogP contribution < -0.4 is 10.1 Å². The maximum atomic E-state index is 12.2. The van der Waals surface area contributed by atoms with Gasteiger partial charge in [-0.25, -0.2) is 0 Å². The first kappa shape index (κ1) is 10.4. The van der Waals surface area contributed by atoms with Crippen molar-refractivity contribution in [3.8, 4) is 5.95 Å². The van der Waals surface area contributed by atoms with Gasteiger partial charge in [-0.1, -0.05) is 0 Å². The Bertz CT molecular complexity index is 354. The van der Waals surface area contributed by atoms with Gasteiger partial charge in [0.05, 0.1) is 0 Å². The van der Waals surface area contributed by atoms with Gasteiger partial charge in [-0.05, 0) is 13.0 Å². The van der Waals surface area contributed by atoms with E-state index in [1.54, 1.807) is 6.92 Å². The van der Waals surface area contributed by atoms with E-state index in [4.69, 9.17) is 4.74 Å². The molecule has 0 saturated carbocycles. The molecule has 2 rings (SSSR count). The summed E-state index contributed by atoms with van der Waals surface area (Å²) in [6.07, 6.45) is -4.46. The van der Waals surface area contributed by atoms with Crippen LogP contribution in [-0.2, 0) is 6.18 Å². The monoisotopic (exact) mass is 221 g/mol. The molecule has 1 aliphatic rings. The van der Waals surface area contributed by atoms with Gasteiger partial charge in [0, 0.05) is 19.2 Å². The molecular formula is C9H10F3NO2. The second-order valence-electron chi connectivity index (χ2n) is 3.77. The van der Waals surface area contributed by atoms with E-state index in [9.17, 15) is 13.2 Å². The number of hydrogen-bond acceptors (Lipinski definition) is 3. The van der Waals surface area contributed by atoms with Gasteiger partial charge in [0.15, 0.2) is 0 Å². The van der Waals surface area contributed by atoms with Crippen LogP contribution >= 0.6 is 0 Å². The molecule has 1 aromatic heterocycles. The Morgan fingerprint density at radius 3 is 2.47 bits per heavy atom. The fourth-order valence-electron chi connectivity index (χ4n) is 1.32. The summed E-state index contributed by atoms with van der Waals surface area (Å²) in [4.78, 5) is 0. The lowest BCUT2D eigenvalue weighted by Crippen LogP contribution is -2.60. The van der Waals surface area contributed by atoms with Gasteiger partial charge in [-0.15, -0.1) is 0 Å². The van der Waals surface area contributed by atoms with Crippen molar-refractivity contribution < 1.29 is 22.3 Å². The molecule has 15 heavy (non-hydrogen) atoms. The summed E-state index contributed by atoms with van der Waals surface area (Å²) in [5.74, 6) is -1.13. The smallest absolute Gasteiger partial charge is 0.449 e. The van der Waals surface area contributed by atoms with E-state index in [1.165, 1.54) is 6.07 Å². The van der Waals surface area contributed by atoms with Crippen LogP contribution in [0.15, 0.2) is 16.5 Å². The Labute approximate surface area is 84.2 Å². The van der Waals surface area contributed by atoms with Crippen molar-refractivity contribution in [2.24, 2.45) is 0 Å². The van der Waals surface area contributed by atoms with E-state index >= 15 is 0 Å². The normalized spacial score (nSPS) is 19.7. The minimum atomic E-state index is -4.46. The second kappa shape index (κ2) is 3.16. The zero-order valence-electron chi connectivity index (χ0n) is 8.02. The van der Waals surface area contributed by atoms with Gasteiger partial charge in [0.1, 0.15) is 5.60 Å². The van der Waals surface area contributed by atoms with Crippen molar-refractivity contribution in [3.05, 3.63) is 17.9 Å². The number of furan rings is 1. The van der Waals surface area contributed by atoms with Crippen LogP contribution in [0.25, 0.3) is 0 Å². The van der Waals surface area contributed by atoms with E-state index in [0.717, 1.165) is 6.07 Å². The Morgan fingerprint density at radius 2 is 2.07 bits per heavy atom. The lowest BCUT2D eigenvalue weighted by molar-refractivity contribution is -0.155. The topological polar surface area (TPSA) is 34.4 Å². The van der Waals surface area contributed by atoms with Crippen molar-refractivity contribution in [1.82, 2.24) is 5.32 Å². The fraction of sp³-hybridized carbons (Fsp3) is 0.556. The molecule has 1 N–H and O–H groups in total. The first-order valence-corrected chi connectivity index (χ1v) is 4.46. The SMILES string of the molecule is CC1(Oc2ccc(C(F)(F)F)o2)CNC1. The summed E-state index contributed by atoms with van der Waals surface area (Å²) in [5.41, 5.74) is -0.458. The molecule has 1 fully saturated rings. The third-order valence-electron chi connectivity index (χ3n) is 2.21. The number of nitrogens with one attached hydrogen (secondary N) is 1. The molecule has 0 radical (unpaired) electrons. The number of alkyl halides is 3. The van der Waals surface area contributed by atoms with Crippen molar-refractivity contribution in [1.29, 1.82) is 0 Å². The van der Waals surface area contributed by atoms with E-state index in [2.05, 4.69) is 9.73 Å². The Balaban J connectivity index is 2.07. The molecule has 2 heterocycles. The van der Waals surface area contributed by atoms with Crippen LogP contribution in [0.5, 0.6) is 5.95 Å². The van der Waals surface area contributed by atoms with Crippen LogP contribution in [0.1, 0.15) is 12.7 Å². The number of ether oxygens (including phenoxy) is 1. The molecule has 1 aliphatic heterocycles. The maximum Gasteiger partial charge on any atom is 0.449 e. The van der Waals surface area contributed by atoms with Crippen molar-refractivity contribution in [2.45, 2.75) is 18.7 Å². The molecule has 0 aliphatic carbocycles. The summed E-state index contributed by atoms with van der Waals surface area (Å²) < 4.78 is 46.3. The highest BCUT2D eigenvalue weighted by Crippen LogP contribution is 2.34. The van der Waals surface area contributed by atoms with Crippen LogP contribution in [0.4, 0.5) is 13.2 Å². The average molecular weight is 221 g/mol. The molecule has 0 unspecified atom stereocenters. The largest absolute Gasteiger partial charge is 0.456 e. The van der Waals surface area contributed by atoms with Gasteiger partial charge < -0.3 is 14.5 Å². The lowest BCUT2D eigenvalue weighted by Gasteiger charge is -2.38. The maximum absolute atomic E-state index is 12.2. The van der Waals surface area contributed by atoms with Crippen LogP contribution in [0.2, 0.25) is 0 Å². The first-order valence-electron chi connectivity index (χ1n) is 4.46. The van der Waals surface area contributed by atoms with Gasteiger partial charge in [-0.3, -0.25) is 0 Å². The van der Waals surface area contributed by atoms with E-state index in [0.29, 0.717) is 13.1 Å². The number of halogens is 3. The van der Waals surface area contributed by atoms with E-state index < -0.39 is 17.5 Å². The lowest BCUT2D eigenvalue weighted by atomic mass is 10.0. The van der Waals surface area contributed by atoms with Crippen molar-refractivity contribution in [2.75, 3.05) is 13.1 Å². The Morgan fingerprint density at radius 1 is 1.40 bits per heavy atom. The fourth-order valence-corrected chi connectivity index (χ4v) is 1.32. The minimum Gasteiger partial charge on any atom is -0.456 e. The molecule has 0 amide bonds. The predicted molar refractivity (Wildman–Crippen MR) is 45.6 cm³/mol. The molecule has 0 atom stereocenters. The summed E-state index contributed by atoms with van der Waals surface area (Å²) in [6, 6.07) is 2.05. The summed E-state index contributed by atoms with van der Waals surface area (Å²) in [5, 5.41) is 2.97. The number of hydrogen-bond donors (Lipinski definition) is 1. The predicted octanol–water partition coefficient (Wildman–Crippen LogP) is 2.04. The molecule has 84 valence electrons. The molecule has 0 aromatic carbocycles. The van der Waals surface area contributed by atoms with Crippen molar-refractivity contribution in [3.63, 3.8) is 0 Å². The first-order chi connectivity index (χ1) is 6.89. The Kier molecular flexibility index (Phi) is 2.18. The van der Waals surface area contributed by atoms with Gasteiger partial charge in [0.25, 0.3) is 5.95 Å². The molecule has 0 spiro atoms. The zero-order valence-corrected chi connectivity index (χ0v) is 8.02. The third kappa shape index (κ3) is 2.09. The summed E-state index contributed by atoms with van der Waals surface area (Å²) >= 11 is 0. The standard InChI is InChI=1S/C9H10F3NO2/c1-8(4-13-5-8)15-7-3-2-6(14-7)9(10,11)12/h2-3,13H,4-5H2,1H3. The zero-order chi connectivity index (χ0) is 11.1. The minimum absolute atomic E-state index is 0.0914. The molecular weight excluding hydrogens is 211 g/mol. The van der Waals surface area contributed by atoms with Crippen LogP contribution in [0, 0.1) is 0 Å². The van der Waals surface area contributed by atoms with Gasteiger partial charge in [0.2, 0.25) is 5.76 Å². The average Bonchev–Trinajstić information content (AvgIpc) is 2.49. The highest BCUT2D eigenvalue weighted by Gasteiger charge is 2.38. The molecule has 0 bridgehead atoms. The summed E-state index contributed by atoms with van der Waals surface area (Å²) in [7, 11) is 0. The molecule has 1 aromatic rings. The van der Waals surface area contributed by atoms with Crippen molar-refractivity contribution >= 4 is 0 Å². The van der Waals surface area contributed by atoms with Crippen LogP contribution in [-0.4, -0.2) is 18.7 Å². The van der Waals surface area contributed by atoms with Crippen LogP contribution in [0.3, 0.4) is 0 Å². The molecule has 6 heteroatoms. The molecule has 1 saturated heterocycles. The third-order valence-corrected chi connectivity index (χ3v) is 2.21. The summed E-state index contributed by atoms with van der Waals surface area (Å²) in [6.45, 7) is 3.02.